The van der Waals surface area contributed by atoms with Crippen molar-refractivity contribution >= 4 is 0 Å². The van der Waals surface area contributed by atoms with Crippen LogP contribution in [0.3, 0.4) is 0 Å². The van der Waals surface area contributed by atoms with Gasteiger partial charge in [-0.25, -0.2) is 8.78 Å². The molecule has 1 aromatic carbocycles. The summed E-state index contributed by atoms with van der Waals surface area (Å²) in [5, 5.41) is 11.0. The van der Waals surface area contributed by atoms with E-state index in [-0.39, 0.29) is 23.3 Å². The molecule has 20 heavy (non-hydrogen) atoms. The van der Waals surface area contributed by atoms with Crippen LogP contribution in [0.1, 0.15) is 52.0 Å². The van der Waals surface area contributed by atoms with Gasteiger partial charge in [-0.15, -0.1) is 0 Å². The number of benzene rings is 1. The van der Waals surface area contributed by atoms with E-state index < -0.39 is 17.2 Å². The summed E-state index contributed by atoms with van der Waals surface area (Å²) in [6.07, 6.45) is 3.58. The van der Waals surface area contributed by atoms with Crippen LogP contribution >= 0.6 is 0 Å². The second-order valence-electron chi connectivity index (χ2n) is 7.14. The molecule has 112 valence electrons. The van der Waals surface area contributed by atoms with Gasteiger partial charge >= 0.3 is 0 Å². The first-order valence-electron chi connectivity index (χ1n) is 7.39. The molecule has 1 nitrogen and oxygen atoms in total. The second kappa shape index (κ2) is 5.44. The monoisotopic (exact) mass is 282 g/mol. The third kappa shape index (κ3) is 3.03. The summed E-state index contributed by atoms with van der Waals surface area (Å²) in [4.78, 5) is 0. The largest absolute Gasteiger partial charge is 0.389 e. The molecule has 1 aliphatic carbocycles. The Balaban J connectivity index is 2.33. The van der Waals surface area contributed by atoms with E-state index in [0.29, 0.717) is 6.42 Å². The van der Waals surface area contributed by atoms with Gasteiger partial charge in [-0.2, -0.15) is 0 Å². The smallest absolute Gasteiger partial charge is 0.129 e. The van der Waals surface area contributed by atoms with Gasteiger partial charge in [0.05, 0.1) is 5.60 Å². The van der Waals surface area contributed by atoms with Gasteiger partial charge in [0.2, 0.25) is 0 Å². The minimum atomic E-state index is -1.01. The normalized spacial score (nSPS) is 27.6. The van der Waals surface area contributed by atoms with Crippen molar-refractivity contribution in [3.05, 3.63) is 35.4 Å². The summed E-state index contributed by atoms with van der Waals surface area (Å²) in [5.41, 5.74) is -1.07. The number of hydrogen-bond acceptors (Lipinski definition) is 1. The van der Waals surface area contributed by atoms with E-state index in [1.54, 1.807) is 0 Å². The minimum Gasteiger partial charge on any atom is -0.389 e. The van der Waals surface area contributed by atoms with Crippen molar-refractivity contribution in [3.8, 4) is 0 Å². The van der Waals surface area contributed by atoms with E-state index in [4.69, 9.17) is 0 Å². The third-order valence-corrected chi connectivity index (χ3v) is 4.59. The molecule has 3 heteroatoms. The molecular formula is C17H24F2O. The van der Waals surface area contributed by atoms with E-state index in [2.05, 4.69) is 20.8 Å². The van der Waals surface area contributed by atoms with Gasteiger partial charge in [0.15, 0.2) is 0 Å². The average Bonchev–Trinajstić information content (AvgIpc) is 2.33. The molecule has 1 aromatic rings. The molecule has 0 aromatic heterocycles. The number of rotatable bonds is 2. The van der Waals surface area contributed by atoms with Crippen molar-refractivity contribution < 1.29 is 13.9 Å². The zero-order valence-electron chi connectivity index (χ0n) is 12.5. The SMILES string of the molecule is CC(C)(C)C1CCCCC1(O)Cc1c(F)cccc1F. The van der Waals surface area contributed by atoms with Crippen LogP contribution in [0.4, 0.5) is 8.78 Å². The van der Waals surface area contributed by atoms with Gasteiger partial charge in [0.25, 0.3) is 0 Å². The summed E-state index contributed by atoms with van der Waals surface area (Å²) in [6.45, 7) is 6.27. The maximum Gasteiger partial charge on any atom is 0.129 e. The summed E-state index contributed by atoms with van der Waals surface area (Å²) in [6, 6.07) is 3.88. The number of hydrogen-bond donors (Lipinski definition) is 1. The molecule has 2 atom stereocenters. The van der Waals surface area contributed by atoms with Crippen LogP contribution in [0, 0.1) is 23.0 Å². The molecule has 0 aliphatic heterocycles. The maximum absolute atomic E-state index is 13.8. The van der Waals surface area contributed by atoms with E-state index >= 15 is 0 Å². The molecule has 0 radical (unpaired) electrons. The van der Waals surface area contributed by atoms with Gasteiger partial charge in [0.1, 0.15) is 11.6 Å². The average molecular weight is 282 g/mol. The topological polar surface area (TPSA) is 20.2 Å². The summed E-state index contributed by atoms with van der Waals surface area (Å²) in [7, 11) is 0. The molecule has 2 rings (SSSR count). The van der Waals surface area contributed by atoms with Crippen LogP contribution < -0.4 is 0 Å². The molecule has 0 spiro atoms. The Morgan fingerprint density at radius 2 is 1.80 bits per heavy atom. The van der Waals surface area contributed by atoms with Crippen LogP contribution in [0.25, 0.3) is 0 Å². The van der Waals surface area contributed by atoms with Crippen molar-refractivity contribution in [2.75, 3.05) is 0 Å². The Labute approximate surface area is 120 Å². The number of halogens is 2. The molecule has 1 N–H and O–H groups in total. The van der Waals surface area contributed by atoms with Crippen molar-refractivity contribution in [2.24, 2.45) is 11.3 Å². The van der Waals surface area contributed by atoms with Crippen molar-refractivity contribution in [1.29, 1.82) is 0 Å². The molecule has 0 bridgehead atoms. The first kappa shape index (κ1) is 15.4. The lowest BCUT2D eigenvalue weighted by Crippen LogP contribution is -2.48. The lowest BCUT2D eigenvalue weighted by Gasteiger charge is -2.47. The van der Waals surface area contributed by atoms with Crippen LogP contribution in [0.15, 0.2) is 18.2 Å². The highest BCUT2D eigenvalue weighted by atomic mass is 19.1. The second-order valence-corrected chi connectivity index (χ2v) is 7.14. The summed E-state index contributed by atoms with van der Waals surface area (Å²) < 4.78 is 27.7. The highest BCUT2D eigenvalue weighted by Crippen LogP contribution is 2.46. The molecular weight excluding hydrogens is 258 g/mol. The number of aliphatic hydroxyl groups is 1. The molecule has 1 aliphatic rings. The molecule has 1 saturated carbocycles. The van der Waals surface area contributed by atoms with E-state index in [1.807, 2.05) is 0 Å². The van der Waals surface area contributed by atoms with E-state index in [0.717, 1.165) is 19.3 Å². The summed E-state index contributed by atoms with van der Waals surface area (Å²) >= 11 is 0. The molecule has 0 saturated heterocycles. The lowest BCUT2D eigenvalue weighted by atomic mass is 9.62. The standard InChI is InChI=1S/C17H24F2O/c1-16(2,3)15-9-4-5-10-17(15,20)11-12-13(18)7-6-8-14(12)19/h6-8,15,20H,4-5,9-11H2,1-3H3. The zero-order valence-corrected chi connectivity index (χ0v) is 12.5. The molecule has 2 unspecified atom stereocenters. The molecule has 0 heterocycles. The van der Waals surface area contributed by atoms with Crippen molar-refractivity contribution in [2.45, 2.75) is 58.5 Å². The van der Waals surface area contributed by atoms with E-state index in [1.165, 1.54) is 18.2 Å². The Kier molecular flexibility index (Phi) is 4.19. The highest BCUT2D eigenvalue weighted by Gasteiger charge is 2.45. The first-order chi connectivity index (χ1) is 9.24. The zero-order chi connectivity index (χ0) is 15.0. The van der Waals surface area contributed by atoms with E-state index in [9.17, 15) is 13.9 Å². The summed E-state index contributed by atoms with van der Waals surface area (Å²) in [5.74, 6) is -1.06. The van der Waals surface area contributed by atoms with Crippen molar-refractivity contribution in [3.63, 3.8) is 0 Å². The van der Waals surface area contributed by atoms with Crippen LogP contribution in [-0.4, -0.2) is 10.7 Å². The van der Waals surface area contributed by atoms with Gasteiger partial charge in [-0.05, 0) is 36.3 Å². The minimum absolute atomic E-state index is 0.0196. The van der Waals surface area contributed by atoms with Crippen LogP contribution in [-0.2, 0) is 6.42 Å². The van der Waals surface area contributed by atoms with Gasteiger partial charge in [0, 0.05) is 12.0 Å². The molecule has 0 amide bonds. The Morgan fingerprint density at radius 3 is 2.35 bits per heavy atom. The predicted octanol–water partition coefficient (Wildman–Crippen LogP) is 4.47. The van der Waals surface area contributed by atoms with Crippen molar-refractivity contribution in [1.82, 2.24) is 0 Å². The Hall–Kier alpha value is -0.960. The fourth-order valence-corrected chi connectivity index (χ4v) is 3.68. The van der Waals surface area contributed by atoms with Crippen LogP contribution in [0.5, 0.6) is 0 Å². The van der Waals surface area contributed by atoms with Gasteiger partial charge in [-0.1, -0.05) is 39.7 Å². The first-order valence-corrected chi connectivity index (χ1v) is 7.39. The fraction of sp³-hybridized carbons (Fsp3) is 0.647. The Morgan fingerprint density at radius 1 is 1.20 bits per heavy atom. The third-order valence-electron chi connectivity index (χ3n) is 4.59. The Bertz CT molecular complexity index is 458. The fourth-order valence-electron chi connectivity index (χ4n) is 3.68. The highest BCUT2D eigenvalue weighted by molar-refractivity contribution is 5.22. The molecule has 1 fully saturated rings. The quantitative estimate of drug-likeness (QED) is 0.848. The predicted molar refractivity (Wildman–Crippen MR) is 76.4 cm³/mol. The maximum atomic E-state index is 13.8. The van der Waals surface area contributed by atoms with Crippen LogP contribution in [0.2, 0.25) is 0 Å². The van der Waals surface area contributed by atoms with Gasteiger partial charge < -0.3 is 5.11 Å². The van der Waals surface area contributed by atoms with Gasteiger partial charge in [-0.3, -0.25) is 0 Å². The lowest BCUT2D eigenvalue weighted by molar-refractivity contribution is -0.0897.